The minimum Gasteiger partial charge on any atom is -0.462 e. The number of ether oxygens (including phenoxy) is 1. The van der Waals surface area contributed by atoms with Gasteiger partial charge in [-0.05, 0) is 80.4 Å². The Balaban J connectivity index is 1.66. The molecule has 2 amide bonds. The monoisotopic (exact) mass is 553 g/mol. The quantitative estimate of drug-likeness (QED) is 0.349. The second-order valence-electron chi connectivity index (χ2n) is 8.91. The number of aliphatic imine (C=N–C) groups is 1. The molecule has 1 heterocycles. The summed E-state index contributed by atoms with van der Waals surface area (Å²) in [4.78, 5) is 43.4. The number of carbonyl (C=O) groups excluding carboxylic acids is 3. The van der Waals surface area contributed by atoms with E-state index in [0.29, 0.717) is 28.2 Å². The molecule has 202 valence electrons. The highest BCUT2D eigenvalue weighted by Gasteiger charge is 2.38. The maximum Gasteiger partial charge on any atom is 0.338 e. The van der Waals surface area contributed by atoms with E-state index in [1.165, 1.54) is 0 Å². The molecule has 0 radical (unpaired) electrons. The number of thioether (sulfide) groups is 1. The van der Waals surface area contributed by atoms with Crippen molar-refractivity contribution in [2.45, 2.75) is 26.0 Å². The molecule has 40 heavy (non-hydrogen) atoms. The van der Waals surface area contributed by atoms with Crippen molar-refractivity contribution in [2.75, 3.05) is 17.2 Å². The van der Waals surface area contributed by atoms with Crippen LogP contribution in [0.4, 0.5) is 17.1 Å². The minimum absolute atomic E-state index is 0.0418. The van der Waals surface area contributed by atoms with Crippen LogP contribution in [0.5, 0.6) is 0 Å². The topological polar surface area (TPSA) is 147 Å². The third-order valence-corrected chi connectivity index (χ3v) is 7.38. The second kappa shape index (κ2) is 12.3. The zero-order valence-corrected chi connectivity index (χ0v) is 23.0. The molecule has 0 aliphatic carbocycles. The number of nitrogens with one attached hydrogen (secondary N) is 2. The molecule has 1 aliphatic heterocycles. The standard InChI is InChI=1S/C30H27N5O4S/c1-4-39-30(38)19-10-13-21(14-11-19)33-27(36)24-25(32)26(28(37)35-23-8-6-5-7-20(23)16-31)40-29(24)34-22-12-9-17(2)18(3)15-22/h5-15,26H,4,32H2,1-3H3,(H,33,36)(H,35,37). The summed E-state index contributed by atoms with van der Waals surface area (Å²) in [5.41, 5.74) is 10.7. The van der Waals surface area contributed by atoms with Crippen LogP contribution in [0.2, 0.25) is 0 Å². The number of nitriles is 1. The molecule has 0 bridgehead atoms. The molecule has 1 atom stereocenters. The SMILES string of the molecule is CCOC(=O)c1ccc(NC(=O)C2=C(N)C(C(=O)Nc3ccccc3C#N)SC2=Nc2ccc(C)c(C)c2)cc1. The Morgan fingerprint density at radius 2 is 1.75 bits per heavy atom. The molecule has 9 nitrogen and oxygen atoms in total. The van der Waals surface area contributed by atoms with Gasteiger partial charge in [-0.3, -0.25) is 9.59 Å². The van der Waals surface area contributed by atoms with Gasteiger partial charge in [0.1, 0.15) is 16.4 Å². The molecule has 4 rings (SSSR count). The van der Waals surface area contributed by atoms with Gasteiger partial charge in [0.2, 0.25) is 5.91 Å². The van der Waals surface area contributed by atoms with E-state index >= 15 is 0 Å². The van der Waals surface area contributed by atoms with Crippen LogP contribution in [0.3, 0.4) is 0 Å². The molecule has 0 fully saturated rings. The fraction of sp³-hybridized carbons (Fsp3) is 0.167. The third kappa shape index (κ3) is 6.22. The number of aryl methyl sites for hydroxylation is 2. The maximum absolute atomic E-state index is 13.5. The predicted octanol–water partition coefficient (Wildman–Crippen LogP) is 4.99. The van der Waals surface area contributed by atoms with Crippen LogP contribution in [-0.2, 0) is 14.3 Å². The lowest BCUT2D eigenvalue weighted by molar-refractivity contribution is -0.115. The average molecular weight is 554 g/mol. The number of hydrogen-bond donors (Lipinski definition) is 3. The first-order valence-electron chi connectivity index (χ1n) is 12.4. The van der Waals surface area contributed by atoms with E-state index in [0.717, 1.165) is 22.9 Å². The van der Waals surface area contributed by atoms with Crippen LogP contribution in [0.1, 0.15) is 34.0 Å². The van der Waals surface area contributed by atoms with Gasteiger partial charge in [0.25, 0.3) is 5.91 Å². The van der Waals surface area contributed by atoms with Crippen molar-refractivity contribution in [3.05, 3.63) is 100 Å². The zero-order valence-electron chi connectivity index (χ0n) is 22.1. The molecule has 0 saturated carbocycles. The van der Waals surface area contributed by atoms with Crippen molar-refractivity contribution >= 4 is 51.7 Å². The first kappa shape index (κ1) is 28.1. The maximum atomic E-state index is 13.5. The van der Waals surface area contributed by atoms with Gasteiger partial charge >= 0.3 is 5.97 Å². The van der Waals surface area contributed by atoms with Crippen LogP contribution in [0.25, 0.3) is 0 Å². The smallest absolute Gasteiger partial charge is 0.338 e. The number of nitrogens with two attached hydrogens (primary N) is 1. The second-order valence-corrected chi connectivity index (χ2v) is 10.0. The molecule has 1 aliphatic rings. The fourth-order valence-corrected chi connectivity index (χ4v) is 5.01. The number of amides is 2. The third-order valence-electron chi connectivity index (χ3n) is 6.16. The number of carbonyl (C=O) groups is 3. The zero-order chi connectivity index (χ0) is 28.8. The minimum atomic E-state index is -0.955. The normalized spacial score (nSPS) is 15.4. The summed E-state index contributed by atoms with van der Waals surface area (Å²) in [6, 6.07) is 20.5. The number of benzene rings is 3. The van der Waals surface area contributed by atoms with Crippen molar-refractivity contribution in [2.24, 2.45) is 10.7 Å². The molecule has 4 N–H and O–H groups in total. The first-order chi connectivity index (χ1) is 19.2. The molecule has 1 unspecified atom stereocenters. The highest BCUT2D eigenvalue weighted by molar-refractivity contribution is 8.16. The number of rotatable bonds is 7. The molecule has 3 aromatic carbocycles. The van der Waals surface area contributed by atoms with Crippen LogP contribution < -0.4 is 16.4 Å². The highest BCUT2D eigenvalue weighted by Crippen LogP contribution is 2.36. The van der Waals surface area contributed by atoms with Crippen molar-refractivity contribution < 1.29 is 19.1 Å². The van der Waals surface area contributed by atoms with Crippen LogP contribution in [0, 0.1) is 25.2 Å². The Labute approximate surface area is 236 Å². The average Bonchev–Trinajstić information content (AvgIpc) is 3.27. The predicted molar refractivity (Wildman–Crippen MR) is 156 cm³/mol. The Morgan fingerprint density at radius 1 is 1.02 bits per heavy atom. The summed E-state index contributed by atoms with van der Waals surface area (Å²) in [5.74, 6) is -1.50. The molecule has 10 heteroatoms. The molecule has 3 aromatic rings. The van der Waals surface area contributed by atoms with Gasteiger partial charge in [0.05, 0.1) is 34.7 Å². The van der Waals surface area contributed by atoms with Crippen LogP contribution in [-0.4, -0.2) is 34.7 Å². The van der Waals surface area contributed by atoms with E-state index in [9.17, 15) is 19.6 Å². The summed E-state index contributed by atoms with van der Waals surface area (Å²) in [5, 5.41) is 14.2. The summed E-state index contributed by atoms with van der Waals surface area (Å²) >= 11 is 1.06. The van der Waals surface area contributed by atoms with Gasteiger partial charge in [-0.15, -0.1) is 0 Å². The van der Waals surface area contributed by atoms with Crippen molar-refractivity contribution in [1.82, 2.24) is 0 Å². The number of esters is 1. The Bertz CT molecular complexity index is 1590. The number of nitrogens with zero attached hydrogens (tertiary/aromatic N) is 2. The lowest BCUT2D eigenvalue weighted by Gasteiger charge is -2.12. The summed E-state index contributed by atoms with van der Waals surface area (Å²) < 4.78 is 5.00. The summed E-state index contributed by atoms with van der Waals surface area (Å²) in [6.07, 6.45) is 0. The van der Waals surface area contributed by atoms with E-state index < -0.39 is 23.0 Å². The van der Waals surface area contributed by atoms with E-state index in [1.807, 2.05) is 38.1 Å². The summed E-state index contributed by atoms with van der Waals surface area (Å²) in [6.45, 7) is 5.92. The first-order valence-corrected chi connectivity index (χ1v) is 13.3. The molecular weight excluding hydrogens is 526 g/mol. The van der Waals surface area contributed by atoms with Crippen molar-refractivity contribution in [1.29, 1.82) is 5.26 Å². The lowest BCUT2D eigenvalue weighted by atomic mass is 10.1. The van der Waals surface area contributed by atoms with Gasteiger partial charge in [0, 0.05) is 11.4 Å². The highest BCUT2D eigenvalue weighted by atomic mass is 32.2. The van der Waals surface area contributed by atoms with Crippen LogP contribution >= 0.6 is 11.8 Å². The van der Waals surface area contributed by atoms with E-state index in [2.05, 4.69) is 15.6 Å². The van der Waals surface area contributed by atoms with Gasteiger partial charge in [-0.2, -0.15) is 5.26 Å². The molecular formula is C30H27N5O4S. The van der Waals surface area contributed by atoms with Crippen molar-refractivity contribution in [3.8, 4) is 6.07 Å². The number of hydrogen-bond acceptors (Lipinski definition) is 8. The molecule has 0 aromatic heterocycles. The van der Waals surface area contributed by atoms with E-state index in [4.69, 9.17) is 10.5 Å². The van der Waals surface area contributed by atoms with Gasteiger partial charge in [-0.1, -0.05) is 30.0 Å². The van der Waals surface area contributed by atoms with E-state index in [1.54, 1.807) is 55.5 Å². The summed E-state index contributed by atoms with van der Waals surface area (Å²) in [7, 11) is 0. The van der Waals surface area contributed by atoms with Crippen LogP contribution in [0.15, 0.2) is 83.0 Å². The Kier molecular flexibility index (Phi) is 8.67. The van der Waals surface area contributed by atoms with Gasteiger partial charge < -0.3 is 21.1 Å². The molecule has 0 saturated heterocycles. The van der Waals surface area contributed by atoms with Gasteiger partial charge in [0.15, 0.2) is 0 Å². The van der Waals surface area contributed by atoms with E-state index in [-0.39, 0.29) is 22.9 Å². The molecule has 0 spiro atoms. The Hall–Kier alpha value is -4.88. The number of anilines is 2. The largest absolute Gasteiger partial charge is 0.462 e. The fourth-order valence-electron chi connectivity index (χ4n) is 3.89. The van der Waals surface area contributed by atoms with Gasteiger partial charge in [-0.25, -0.2) is 9.79 Å². The number of para-hydroxylation sites is 1. The van der Waals surface area contributed by atoms with Crippen molar-refractivity contribution in [3.63, 3.8) is 0 Å². The lowest BCUT2D eigenvalue weighted by Crippen LogP contribution is -2.29. The Morgan fingerprint density at radius 3 is 2.42 bits per heavy atom.